The summed E-state index contributed by atoms with van der Waals surface area (Å²) >= 11 is 5.96. The number of nitrogens with zero attached hydrogens (tertiary/aromatic N) is 1. The summed E-state index contributed by atoms with van der Waals surface area (Å²) in [7, 11) is 0. The topological polar surface area (TPSA) is 35.8 Å². The SMILES string of the molecule is CC(C)NC1(C#N)CCc2cc(Cl)ccc21. The largest absolute Gasteiger partial charge is 0.293 e. The van der Waals surface area contributed by atoms with Crippen LogP contribution in [0.2, 0.25) is 5.02 Å². The second-order valence-corrected chi connectivity index (χ2v) is 5.05. The Morgan fingerprint density at radius 2 is 2.25 bits per heavy atom. The molecule has 16 heavy (non-hydrogen) atoms. The fourth-order valence-corrected chi connectivity index (χ4v) is 2.63. The summed E-state index contributed by atoms with van der Waals surface area (Å²) in [6, 6.07) is 8.53. The van der Waals surface area contributed by atoms with Crippen molar-refractivity contribution in [3.63, 3.8) is 0 Å². The Balaban J connectivity index is 2.44. The van der Waals surface area contributed by atoms with Gasteiger partial charge in [-0.2, -0.15) is 5.26 Å². The average Bonchev–Trinajstić information content (AvgIpc) is 2.56. The first-order valence-electron chi connectivity index (χ1n) is 5.55. The molecule has 0 amide bonds. The molecule has 1 N–H and O–H groups in total. The Kier molecular flexibility index (Phi) is 2.92. The van der Waals surface area contributed by atoms with Gasteiger partial charge in [-0.05, 0) is 49.9 Å². The lowest BCUT2D eigenvalue weighted by atomic mass is 9.92. The van der Waals surface area contributed by atoms with E-state index in [0.29, 0.717) is 6.04 Å². The van der Waals surface area contributed by atoms with Gasteiger partial charge in [0.2, 0.25) is 0 Å². The molecule has 2 nitrogen and oxygen atoms in total. The number of hydrogen-bond acceptors (Lipinski definition) is 2. The first-order valence-corrected chi connectivity index (χ1v) is 5.93. The van der Waals surface area contributed by atoms with Crippen molar-refractivity contribution in [3.05, 3.63) is 34.3 Å². The molecule has 3 heteroatoms. The van der Waals surface area contributed by atoms with Gasteiger partial charge in [0.15, 0.2) is 0 Å². The van der Waals surface area contributed by atoms with E-state index in [4.69, 9.17) is 11.6 Å². The molecule has 1 aromatic rings. The van der Waals surface area contributed by atoms with Crippen LogP contribution >= 0.6 is 11.6 Å². The highest BCUT2D eigenvalue weighted by molar-refractivity contribution is 6.30. The van der Waals surface area contributed by atoms with Gasteiger partial charge in [-0.25, -0.2) is 0 Å². The highest BCUT2D eigenvalue weighted by Crippen LogP contribution is 2.38. The van der Waals surface area contributed by atoms with E-state index in [9.17, 15) is 5.26 Å². The first kappa shape index (κ1) is 11.4. The summed E-state index contributed by atoms with van der Waals surface area (Å²) in [6.07, 6.45) is 1.75. The summed E-state index contributed by atoms with van der Waals surface area (Å²) in [5.74, 6) is 0. The molecule has 1 aliphatic rings. The molecule has 84 valence electrons. The maximum Gasteiger partial charge on any atom is 0.133 e. The Bertz CT molecular complexity index is 448. The second-order valence-electron chi connectivity index (χ2n) is 4.62. The van der Waals surface area contributed by atoms with E-state index < -0.39 is 5.54 Å². The second kappa shape index (κ2) is 4.08. The average molecular weight is 235 g/mol. The normalized spacial score (nSPS) is 23.2. The van der Waals surface area contributed by atoms with Crippen molar-refractivity contribution in [3.8, 4) is 6.07 Å². The van der Waals surface area contributed by atoms with Gasteiger partial charge in [-0.1, -0.05) is 17.7 Å². The van der Waals surface area contributed by atoms with Crippen molar-refractivity contribution in [2.24, 2.45) is 0 Å². The standard InChI is InChI=1S/C13H15ClN2/c1-9(2)16-13(8-15)6-5-10-7-11(14)3-4-12(10)13/h3-4,7,9,16H,5-6H2,1-2H3. The van der Waals surface area contributed by atoms with E-state index >= 15 is 0 Å². The molecule has 1 unspecified atom stereocenters. The molecule has 0 fully saturated rings. The van der Waals surface area contributed by atoms with Gasteiger partial charge in [-0.15, -0.1) is 0 Å². The van der Waals surface area contributed by atoms with Crippen molar-refractivity contribution in [1.82, 2.24) is 5.32 Å². The smallest absolute Gasteiger partial charge is 0.133 e. The minimum atomic E-state index is -0.520. The number of nitriles is 1. The molecule has 0 heterocycles. The van der Waals surface area contributed by atoms with Crippen LogP contribution in [0.15, 0.2) is 18.2 Å². The van der Waals surface area contributed by atoms with Gasteiger partial charge in [0.05, 0.1) is 6.07 Å². The van der Waals surface area contributed by atoms with Gasteiger partial charge in [-0.3, -0.25) is 5.32 Å². The molecule has 0 saturated heterocycles. The lowest BCUT2D eigenvalue weighted by molar-refractivity contribution is 0.385. The Morgan fingerprint density at radius 3 is 2.88 bits per heavy atom. The van der Waals surface area contributed by atoms with Crippen LogP contribution in [-0.2, 0) is 12.0 Å². The van der Waals surface area contributed by atoms with Gasteiger partial charge >= 0.3 is 0 Å². The molecule has 0 radical (unpaired) electrons. The van der Waals surface area contributed by atoms with E-state index in [1.807, 2.05) is 18.2 Å². The number of hydrogen-bond donors (Lipinski definition) is 1. The van der Waals surface area contributed by atoms with E-state index in [2.05, 4.69) is 25.2 Å². The van der Waals surface area contributed by atoms with Gasteiger partial charge < -0.3 is 0 Å². The fourth-order valence-electron chi connectivity index (χ4n) is 2.43. The van der Waals surface area contributed by atoms with Gasteiger partial charge in [0.1, 0.15) is 5.54 Å². The van der Waals surface area contributed by atoms with Crippen molar-refractivity contribution < 1.29 is 0 Å². The minimum absolute atomic E-state index is 0.293. The van der Waals surface area contributed by atoms with E-state index in [1.54, 1.807) is 0 Å². The predicted octanol–water partition coefficient (Wildman–Crippen LogP) is 3.00. The monoisotopic (exact) mass is 234 g/mol. The Labute approximate surface area is 101 Å². The van der Waals surface area contributed by atoms with Crippen molar-refractivity contribution in [2.75, 3.05) is 0 Å². The number of fused-ring (bicyclic) bond motifs is 1. The zero-order valence-electron chi connectivity index (χ0n) is 9.55. The molecule has 0 aromatic heterocycles. The summed E-state index contributed by atoms with van der Waals surface area (Å²) in [5.41, 5.74) is 1.77. The zero-order valence-corrected chi connectivity index (χ0v) is 10.3. The molecule has 2 rings (SSSR count). The molecule has 0 spiro atoms. The van der Waals surface area contributed by atoms with E-state index in [1.165, 1.54) is 5.56 Å². The Morgan fingerprint density at radius 1 is 1.50 bits per heavy atom. The lowest BCUT2D eigenvalue weighted by Crippen LogP contribution is -2.43. The van der Waals surface area contributed by atoms with Crippen LogP contribution in [0.4, 0.5) is 0 Å². The summed E-state index contributed by atoms with van der Waals surface area (Å²) < 4.78 is 0. The number of aryl methyl sites for hydroxylation is 1. The third kappa shape index (κ3) is 1.81. The fraction of sp³-hybridized carbons (Fsp3) is 0.462. The Hall–Kier alpha value is -1.04. The van der Waals surface area contributed by atoms with Crippen LogP contribution in [0.1, 0.15) is 31.4 Å². The lowest BCUT2D eigenvalue weighted by Gasteiger charge is -2.26. The summed E-state index contributed by atoms with van der Waals surface area (Å²) in [4.78, 5) is 0. The molecule has 0 saturated carbocycles. The number of benzene rings is 1. The minimum Gasteiger partial charge on any atom is -0.293 e. The molecule has 1 atom stereocenters. The van der Waals surface area contributed by atoms with Gasteiger partial charge in [0, 0.05) is 11.1 Å². The maximum atomic E-state index is 9.44. The maximum absolute atomic E-state index is 9.44. The molecular weight excluding hydrogens is 220 g/mol. The van der Waals surface area contributed by atoms with Gasteiger partial charge in [0.25, 0.3) is 0 Å². The predicted molar refractivity (Wildman–Crippen MR) is 65.3 cm³/mol. The molecular formula is C13H15ClN2. The first-order chi connectivity index (χ1) is 7.57. The van der Waals surface area contributed by atoms with Crippen LogP contribution in [0.5, 0.6) is 0 Å². The number of rotatable bonds is 2. The molecule has 0 bridgehead atoms. The quantitative estimate of drug-likeness (QED) is 0.854. The molecule has 0 aliphatic heterocycles. The number of nitrogens with one attached hydrogen (secondary N) is 1. The van der Waals surface area contributed by atoms with Crippen molar-refractivity contribution in [1.29, 1.82) is 5.26 Å². The van der Waals surface area contributed by atoms with Crippen molar-refractivity contribution in [2.45, 2.75) is 38.3 Å². The third-order valence-electron chi connectivity index (χ3n) is 3.02. The van der Waals surface area contributed by atoms with Crippen LogP contribution in [0, 0.1) is 11.3 Å². The molecule has 1 aliphatic carbocycles. The number of halogens is 1. The van der Waals surface area contributed by atoms with Crippen LogP contribution in [0.3, 0.4) is 0 Å². The summed E-state index contributed by atoms with van der Waals surface area (Å²) in [6.45, 7) is 4.13. The van der Waals surface area contributed by atoms with Crippen LogP contribution in [0.25, 0.3) is 0 Å². The summed E-state index contributed by atoms with van der Waals surface area (Å²) in [5, 5.41) is 13.6. The molecule has 1 aromatic carbocycles. The zero-order chi connectivity index (χ0) is 11.8. The van der Waals surface area contributed by atoms with Crippen molar-refractivity contribution >= 4 is 11.6 Å². The highest BCUT2D eigenvalue weighted by Gasteiger charge is 2.39. The van der Waals surface area contributed by atoms with E-state index in [0.717, 1.165) is 23.4 Å². The highest BCUT2D eigenvalue weighted by atomic mass is 35.5. The van der Waals surface area contributed by atoms with Crippen LogP contribution < -0.4 is 5.32 Å². The third-order valence-corrected chi connectivity index (χ3v) is 3.26. The van der Waals surface area contributed by atoms with Crippen LogP contribution in [-0.4, -0.2) is 6.04 Å². The van der Waals surface area contributed by atoms with E-state index in [-0.39, 0.29) is 0 Å².